The van der Waals surface area contributed by atoms with Crippen LogP contribution in [0.3, 0.4) is 0 Å². The molecule has 1 N–H and O–H groups in total. The first-order valence-corrected chi connectivity index (χ1v) is 7.13. The highest BCUT2D eigenvalue weighted by molar-refractivity contribution is 6.30. The number of hydrogen-bond acceptors (Lipinski definition) is 3. The Morgan fingerprint density at radius 3 is 2.67 bits per heavy atom. The topological polar surface area (TPSA) is 58.9 Å². The zero-order chi connectivity index (χ0) is 15.4. The Labute approximate surface area is 127 Å². The van der Waals surface area contributed by atoms with E-state index in [9.17, 15) is 14.3 Å². The van der Waals surface area contributed by atoms with Crippen LogP contribution in [-0.4, -0.2) is 37.0 Å². The summed E-state index contributed by atoms with van der Waals surface area (Å²) in [7, 11) is 0. The Hall–Kier alpha value is -1.46. The molecule has 2 rings (SSSR count). The van der Waals surface area contributed by atoms with E-state index in [-0.39, 0.29) is 10.9 Å². The predicted molar refractivity (Wildman–Crippen MR) is 78.7 cm³/mol. The lowest BCUT2D eigenvalue weighted by Gasteiger charge is -2.32. The van der Waals surface area contributed by atoms with Crippen LogP contribution in [0, 0.1) is 11.7 Å². The molecule has 114 valence electrons. The number of rotatable bonds is 5. The summed E-state index contributed by atoms with van der Waals surface area (Å²) in [6, 6.07) is 3.39. The summed E-state index contributed by atoms with van der Waals surface area (Å²) in [6.45, 7) is 4.52. The van der Waals surface area contributed by atoms with E-state index >= 15 is 0 Å². The van der Waals surface area contributed by atoms with Gasteiger partial charge >= 0.3 is 5.97 Å². The molecular formula is C15H17ClFNO3. The van der Waals surface area contributed by atoms with Gasteiger partial charge in [0.1, 0.15) is 5.82 Å². The first-order chi connectivity index (χ1) is 10.0. The molecule has 1 heterocycles. The second-order valence-corrected chi connectivity index (χ2v) is 5.52. The lowest BCUT2D eigenvalue weighted by Crippen LogP contribution is -2.34. The number of halogens is 2. The summed E-state index contributed by atoms with van der Waals surface area (Å²) in [5.41, 5.74) is 0.587. The van der Waals surface area contributed by atoms with E-state index in [1.165, 1.54) is 12.1 Å². The number of aliphatic imine (C=N–C) groups is 1. The average molecular weight is 314 g/mol. The average Bonchev–Trinajstić information content (AvgIpc) is 2.48. The van der Waals surface area contributed by atoms with E-state index in [1.54, 1.807) is 6.07 Å². The van der Waals surface area contributed by atoms with Crippen molar-refractivity contribution in [2.24, 2.45) is 10.9 Å². The number of benzene rings is 1. The molecule has 0 radical (unpaired) electrons. The smallest absolute Gasteiger partial charge is 0.329 e. The summed E-state index contributed by atoms with van der Waals surface area (Å²) < 4.78 is 19.0. The summed E-state index contributed by atoms with van der Waals surface area (Å²) in [5.74, 6) is -1.99. The van der Waals surface area contributed by atoms with Gasteiger partial charge in [0.2, 0.25) is 0 Å². The Bertz CT molecular complexity index is 532. The number of aliphatic carboxylic acids is 1. The van der Waals surface area contributed by atoms with E-state index in [1.807, 2.05) is 0 Å². The Morgan fingerprint density at radius 1 is 1.48 bits per heavy atom. The molecule has 0 amide bonds. The minimum absolute atomic E-state index is 0.0166. The van der Waals surface area contributed by atoms with Crippen LogP contribution in [0.4, 0.5) is 4.39 Å². The van der Waals surface area contributed by atoms with Gasteiger partial charge < -0.3 is 9.84 Å². The van der Waals surface area contributed by atoms with Crippen LogP contribution in [0.25, 0.3) is 0 Å². The monoisotopic (exact) mass is 313 g/mol. The van der Waals surface area contributed by atoms with Gasteiger partial charge in [0.15, 0.2) is 6.04 Å². The molecule has 0 aliphatic carbocycles. The maximum Gasteiger partial charge on any atom is 0.329 e. The quantitative estimate of drug-likeness (QED) is 0.850. The number of carbonyl (C=O) groups is 1. The molecule has 0 bridgehead atoms. The van der Waals surface area contributed by atoms with Crippen LogP contribution in [0.15, 0.2) is 23.2 Å². The normalized spacial score (nSPS) is 19.0. The van der Waals surface area contributed by atoms with Crippen molar-refractivity contribution in [2.75, 3.05) is 13.2 Å². The first kappa shape index (κ1) is 15.9. The van der Waals surface area contributed by atoms with Crippen LogP contribution in [0.1, 0.15) is 24.3 Å². The third kappa shape index (κ3) is 3.60. The third-order valence-corrected chi connectivity index (χ3v) is 4.20. The fourth-order valence-electron chi connectivity index (χ4n) is 2.85. The predicted octanol–water partition coefficient (Wildman–Crippen LogP) is 3.14. The molecule has 1 fully saturated rings. The summed E-state index contributed by atoms with van der Waals surface area (Å²) >= 11 is 5.70. The van der Waals surface area contributed by atoms with Crippen molar-refractivity contribution in [3.05, 3.63) is 34.6 Å². The summed E-state index contributed by atoms with van der Waals surface area (Å²) in [6.07, 6.45) is 1.43. The number of ether oxygens (including phenoxy) is 1. The number of nitrogens with zero attached hydrogens (tertiary/aromatic N) is 1. The SMILES string of the molecule is C=N[C@H](C(=O)O)[C@@H](c1ccc(Cl)c(F)c1)C1CCOCC1. The van der Waals surface area contributed by atoms with Gasteiger partial charge in [-0.3, -0.25) is 4.99 Å². The fourth-order valence-corrected chi connectivity index (χ4v) is 2.97. The second kappa shape index (κ2) is 7.00. The van der Waals surface area contributed by atoms with E-state index < -0.39 is 23.7 Å². The van der Waals surface area contributed by atoms with Gasteiger partial charge in [-0.1, -0.05) is 17.7 Å². The van der Waals surface area contributed by atoms with Gasteiger partial charge in [-0.25, -0.2) is 9.18 Å². The second-order valence-electron chi connectivity index (χ2n) is 5.11. The van der Waals surface area contributed by atoms with Crippen LogP contribution in [0.5, 0.6) is 0 Å². The molecule has 1 aliphatic rings. The Kier molecular flexibility index (Phi) is 5.31. The van der Waals surface area contributed by atoms with Crippen molar-refractivity contribution in [3.8, 4) is 0 Å². The Balaban J connectivity index is 2.40. The van der Waals surface area contributed by atoms with E-state index in [4.69, 9.17) is 16.3 Å². The molecule has 0 spiro atoms. The molecule has 1 aromatic rings. The van der Waals surface area contributed by atoms with Crippen molar-refractivity contribution in [1.29, 1.82) is 0 Å². The molecule has 1 aliphatic heterocycles. The Morgan fingerprint density at radius 2 is 2.14 bits per heavy atom. The number of carboxylic acids is 1. The van der Waals surface area contributed by atoms with E-state index in [0.717, 1.165) is 0 Å². The van der Waals surface area contributed by atoms with Crippen molar-refractivity contribution >= 4 is 24.3 Å². The molecule has 1 aromatic carbocycles. The standard InChI is InChI=1S/C15H17ClFNO3/c1-18-14(15(19)20)13(9-4-6-21-7-5-9)10-2-3-11(16)12(17)8-10/h2-3,8-9,13-14H,1,4-7H2,(H,19,20)/t13-,14+/m1/s1. The van der Waals surface area contributed by atoms with Gasteiger partial charge in [0, 0.05) is 19.1 Å². The number of carboxylic acid groups (broad SMARTS) is 1. The van der Waals surface area contributed by atoms with Crippen LogP contribution < -0.4 is 0 Å². The minimum Gasteiger partial charge on any atom is -0.480 e. The largest absolute Gasteiger partial charge is 0.480 e. The van der Waals surface area contributed by atoms with Gasteiger partial charge in [0.05, 0.1) is 5.02 Å². The van der Waals surface area contributed by atoms with Gasteiger partial charge in [-0.15, -0.1) is 0 Å². The van der Waals surface area contributed by atoms with Gasteiger partial charge in [-0.2, -0.15) is 0 Å². The maximum atomic E-state index is 13.7. The minimum atomic E-state index is -1.06. The van der Waals surface area contributed by atoms with E-state index in [2.05, 4.69) is 11.7 Å². The zero-order valence-electron chi connectivity index (χ0n) is 11.5. The van der Waals surface area contributed by atoms with Gasteiger partial charge in [-0.05, 0) is 43.2 Å². The summed E-state index contributed by atoms with van der Waals surface area (Å²) in [4.78, 5) is 15.2. The molecule has 1 saturated heterocycles. The van der Waals surface area contributed by atoms with Crippen LogP contribution in [-0.2, 0) is 9.53 Å². The van der Waals surface area contributed by atoms with Crippen molar-refractivity contribution in [2.45, 2.75) is 24.8 Å². The molecule has 2 atom stereocenters. The molecule has 0 saturated carbocycles. The lowest BCUT2D eigenvalue weighted by molar-refractivity contribution is -0.139. The molecular weight excluding hydrogens is 297 g/mol. The molecule has 0 unspecified atom stereocenters. The van der Waals surface area contributed by atoms with E-state index in [0.29, 0.717) is 31.6 Å². The highest BCUT2D eigenvalue weighted by Crippen LogP contribution is 2.37. The first-order valence-electron chi connectivity index (χ1n) is 6.76. The fraction of sp³-hybridized carbons (Fsp3) is 0.467. The summed E-state index contributed by atoms with van der Waals surface area (Å²) in [5, 5.41) is 9.39. The van der Waals surface area contributed by atoms with Gasteiger partial charge in [0.25, 0.3) is 0 Å². The molecule has 4 nitrogen and oxygen atoms in total. The molecule has 21 heavy (non-hydrogen) atoms. The van der Waals surface area contributed by atoms with Crippen LogP contribution in [0.2, 0.25) is 5.02 Å². The van der Waals surface area contributed by atoms with Crippen molar-refractivity contribution < 1.29 is 19.0 Å². The highest BCUT2D eigenvalue weighted by atomic mass is 35.5. The highest BCUT2D eigenvalue weighted by Gasteiger charge is 2.36. The zero-order valence-corrected chi connectivity index (χ0v) is 12.2. The lowest BCUT2D eigenvalue weighted by atomic mass is 9.77. The molecule has 6 heteroatoms. The third-order valence-electron chi connectivity index (χ3n) is 3.89. The van der Waals surface area contributed by atoms with Crippen molar-refractivity contribution in [1.82, 2.24) is 0 Å². The van der Waals surface area contributed by atoms with Crippen molar-refractivity contribution in [3.63, 3.8) is 0 Å². The van der Waals surface area contributed by atoms with Crippen LogP contribution >= 0.6 is 11.6 Å². The number of hydrogen-bond donors (Lipinski definition) is 1. The molecule has 0 aromatic heterocycles. The maximum absolute atomic E-state index is 13.7.